The summed E-state index contributed by atoms with van der Waals surface area (Å²) in [6, 6.07) is 5.38. The lowest BCUT2D eigenvalue weighted by molar-refractivity contribution is 0.0905. The van der Waals surface area contributed by atoms with Crippen LogP contribution in [0, 0.1) is 5.92 Å². The number of carbonyl (C=O) groups is 1. The van der Waals surface area contributed by atoms with Gasteiger partial charge in [0.05, 0.1) is 0 Å². The third-order valence-electron chi connectivity index (χ3n) is 3.38. The zero-order valence-corrected chi connectivity index (χ0v) is 10.7. The Morgan fingerprint density at radius 1 is 1.41 bits per heavy atom. The molecule has 0 radical (unpaired) electrons. The summed E-state index contributed by atoms with van der Waals surface area (Å²) in [5, 5.41) is 3.41. The van der Waals surface area contributed by atoms with Gasteiger partial charge in [0.15, 0.2) is 0 Å². The molecule has 1 aromatic heterocycles. The van der Waals surface area contributed by atoms with Crippen LogP contribution in [0.3, 0.4) is 0 Å². The van der Waals surface area contributed by atoms with Gasteiger partial charge in [0, 0.05) is 6.04 Å². The molecular weight excluding hydrogens is 236 g/mol. The number of pyridine rings is 1. The van der Waals surface area contributed by atoms with E-state index in [1.807, 2.05) is 0 Å². The van der Waals surface area contributed by atoms with Crippen molar-refractivity contribution in [3.8, 4) is 0 Å². The van der Waals surface area contributed by atoms with Crippen molar-refractivity contribution in [3.05, 3.63) is 29.0 Å². The van der Waals surface area contributed by atoms with Crippen LogP contribution in [0.25, 0.3) is 0 Å². The largest absolute Gasteiger partial charge is 0.348 e. The minimum atomic E-state index is -0.119. The normalized spacial score (nSPS) is 24.4. The molecule has 1 aliphatic carbocycles. The fraction of sp³-hybridized carbons (Fsp3) is 0.538. The molecule has 0 aromatic carbocycles. The van der Waals surface area contributed by atoms with Crippen molar-refractivity contribution in [2.45, 2.75) is 38.6 Å². The number of hydrogen-bond acceptors (Lipinski definition) is 2. The van der Waals surface area contributed by atoms with Gasteiger partial charge >= 0.3 is 0 Å². The van der Waals surface area contributed by atoms with Crippen LogP contribution < -0.4 is 5.32 Å². The Bertz CT molecular complexity index is 408. The number of hydrogen-bond donors (Lipinski definition) is 1. The maximum atomic E-state index is 12.0. The summed E-state index contributed by atoms with van der Waals surface area (Å²) in [6.45, 7) is 2.19. The molecule has 2 unspecified atom stereocenters. The summed E-state index contributed by atoms with van der Waals surface area (Å²) in [4.78, 5) is 16.0. The monoisotopic (exact) mass is 252 g/mol. The van der Waals surface area contributed by atoms with Crippen molar-refractivity contribution in [1.29, 1.82) is 0 Å². The number of aromatic nitrogens is 1. The summed E-state index contributed by atoms with van der Waals surface area (Å²) in [6.07, 6.45) is 4.71. The highest BCUT2D eigenvalue weighted by molar-refractivity contribution is 6.29. The molecule has 1 aromatic rings. The van der Waals surface area contributed by atoms with E-state index in [-0.39, 0.29) is 11.9 Å². The highest BCUT2D eigenvalue weighted by Crippen LogP contribution is 2.23. The van der Waals surface area contributed by atoms with Crippen LogP contribution in [0.1, 0.15) is 43.1 Å². The maximum absolute atomic E-state index is 12.0. The molecule has 17 heavy (non-hydrogen) atoms. The lowest BCUT2D eigenvalue weighted by Crippen LogP contribution is -2.41. The predicted molar refractivity (Wildman–Crippen MR) is 68.1 cm³/mol. The highest BCUT2D eigenvalue weighted by Gasteiger charge is 2.23. The van der Waals surface area contributed by atoms with Crippen LogP contribution in [0.4, 0.5) is 0 Å². The van der Waals surface area contributed by atoms with E-state index in [9.17, 15) is 4.79 Å². The first-order chi connectivity index (χ1) is 8.16. The molecular formula is C13H17ClN2O. The summed E-state index contributed by atoms with van der Waals surface area (Å²) in [5.41, 5.74) is 0.398. The van der Waals surface area contributed by atoms with Crippen molar-refractivity contribution in [2.24, 2.45) is 5.92 Å². The first-order valence-electron chi connectivity index (χ1n) is 6.10. The first-order valence-corrected chi connectivity index (χ1v) is 6.48. The highest BCUT2D eigenvalue weighted by atomic mass is 35.5. The summed E-state index contributed by atoms with van der Waals surface area (Å²) in [7, 11) is 0. The van der Waals surface area contributed by atoms with Gasteiger partial charge in [-0.15, -0.1) is 0 Å². The molecule has 1 saturated carbocycles. The third kappa shape index (κ3) is 3.19. The molecule has 1 aliphatic rings. The van der Waals surface area contributed by atoms with Crippen LogP contribution in [0.2, 0.25) is 5.15 Å². The third-order valence-corrected chi connectivity index (χ3v) is 3.59. The van der Waals surface area contributed by atoms with Gasteiger partial charge in [-0.3, -0.25) is 4.79 Å². The maximum Gasteiger partial charge on any atom is 0.270 e. The molecule has 92 valence electrons. The average molecular weight is 253 g/mol. The van der Waals surface area contributed by atoms with Gasteiger partial charge in [-0.2, -0.15) is 0 Å². The van der Waals surface area contributed by atoms with Crippen molar-refractivity contribution < 1.29 is 4.79 Å². The molecule has 1 fully saturated rings. The van der Waals surface area contributed by atoms with Gasteiger partial charge < -0.3 is 5.32 Å². The van der Waals surface area contributed by atoms with Crippen LogP contribution in [-0.4, -0.2) is 16.9 Å². The summed E-state index contributed by atoms with van der Waals surface area (Å²) >= 11 is 5.77. The number of nitrogens with one attached hydrogen (secondary N) is 1. The quantitative estimate of drug-likeness (QED) is 0.822. The van der Waals surface area contributed by atoms with E-state index in [4.69, 9.17) is 11.6 Å². The Labute approximate surface area is 107 Å². The number of nitrogens with zero attached hydrogens (tertiary/aromatic N) is 1. The van der Waals surface area contributed by atoms with Gasteiger partial charge in [0.1, 0.15) is 10.8 Å². The van der Waals surface area contributed by atoms with Gasteiger partial charge in [-0.25, -0.2) is 4.98 Å². The van der Waals surface area contributed by atoms with E-state index >= 15 is 0 Å². The lowest BCUT2D eigenvalue weighted by Gasteiger charge is -2.29. The van der Waals surface area contributed by atoms with Gasteiger partial charge in [0.25, 0.3) is 5.91 Å². The smallest absolute Gasteiger partial charge is 0.270 e. The van der Waals surface area contributed by atoms with Crippen molar-refractivity contribution in [1.82, 2.24) is 10.3 Å². The molecule has 0 aliphatic heterocycles. The molecule has 0 bridgehead atoms. The van der Waals surface area contributed by atoms with Crippen LogP contribution in [0.15, 0.2) is 18.2 Å². The average Bonchev–Trinajstić information content (AvgIpc) is 2.32. The predicted octanol–water partition coefficient (Wildman–Crippen LogP) is 3.04. The molecule has 1 amide bonds. The Morgan fingerprint density at radius 2 is 2.18 bits per heavy atom. The molecule has 0 spiro atoms. The second-order valence-corrected chi connectivity index (χ2v) is 5.07. The van der Waals surface area contributed by atoms with Crippen LogP contribution in [0.5, 0.6) is 0 Å². The standard InChI is InChI=1S/C13H17ClN2O/c1-9-5-2-3-6-10(9)16-13(17)11-7-4-8-12(14)15-11/h4,7-10H,2-3,5-6H2,1H3,(H,16,17). The van der Waals surface area contributed by atoms with Crippen LogP contribution in [-0.2, 0) is 0 Å². The summed E-state index contributed by atoms with van der Waals surface area (Å²) < 4.78 is 0. The topological polar surface area (TPSA) is 42.0 Å². The molecule has 2 rings (SSSR count). The van der Waals surface area contributed by atoms with E-state index in [0.717, 1.165) is 6.42 Å². The molecule has 1 heterocycles. The van der Waals surface area contributed by atoms with Gasteiger partial charge in [-0.1, -0.05) is 37.4 Å². The fourth-order valence-corrected chi connectivity index (χ4v) is 2.47. The zero-order valence-electron chi connectivity index (χ0n) is 9.95. The van der Waals surface area contributed by atoms with E-state index in [0.29, 0.717) is 16.8 Å². The Kier molecular flexibility index (Phi) is 4.00. The first kappa shape index (κ1) is 12.4. The Balaban J connectivity index is 2.01. The van der Waals surface area contributed by atoms with E-state index in [1.54, 1.807) is 18.2 Å². The molecule has 2 atom stereocenters. The Hall–Kier alpha value is -1.09. The van der Waals surface area contributed by atoms with Crippen molar-refractivity contribution in [3.63, 3.8) is 0 Å². The number of rotatable bonds is 2. The zero-order chi connectivity index (χ0) is 12.3. The second kappa shape index (κ2) is 5.50. The SMILES string of the molecule is CC1CCCCC1NC(=O)c1cccc(Cl)n1. The van der Waals surface area contributed by atoms with Crippen molar-refractivity contribution in [2.75, 3.05) is 0 Å². The van der Waals surface area contributed by atoms with Crippen LogP contribution >= 0.6 is 11.6 Å². The Morgan fingerprint density at radius 3 is 2.88 bits per heavy atom. The molecule has 0 saturated heterocycles. The molecule has 1 N–H and O–H groups in total. The lowest BCUT2D eigenvalue weighted by atomic mass is 9.86. The van der Waals surface area contributed by atoms with Gasteiger partial charge in [0.2, 0.25) is 0 Å². The van der Waals surface area contributed by atoms with E-state index < -0.39 is 0 Å². The number of amides is 1. The molecule has 4 heteroatoms. The molecule has 3 nitrogen and oxygen atoms in total. The number of halogens is 1. The minimum absolute atomic E-state index is 0.119. The fourth-order valence-electron chi connectivity index (χ4n) is 2.31. The number of carbonyl (C=O) groups excluding carboxylic acids is 1. The minimum Gasteiger partial charge on any atom is -0.348 e. The second-order valence-electron chi connectivity index (χ2n) is 4.69. The summed E-state index contributed by atoms with van der Waals surface area (Å²) in [5.74, 6) is 0.429. The van der Waals surface area contributed by atoms with Gasteiger partial charge in [-0.05, 0) is 30.9 Å². The van der Waals surface area contributed by atoms with Crippen molar-refractivity contribution >= 4 is 17.5 Å². The van der Waals surface area contributed by atoms with E-state index in [2.05, 4.69) is 17.2 Å². The van der Waals surface area contributed by atoms with E-state index in [1.165, 1.54) is 19.3 Å².